The molecule has 0 unspecified atom stereocenters. The molecule has 0 atom stereocenters. The second kappa shape index (κ2) is 9.46. The molecule has 0 fully saturated rings. The zero-order valence-electron chi connectivity index (χ0n) is 13.9. The summed E-state index contributed by atoms with van der Waals surface area (Å²) < 4.78 is 31.6. The van der Waals surface area contributed by atoms with Crippen LogP contribution in [0.15, 0.2) is 47.5 Å². The topological polar surface area (TPSA) is 65.9 Å². The number of nitrogens with one attached hydrogen (secondary N) is 2. The number of nitrogens with zero attached hydrogens (tertiary/aromatic N) is 1. The van der Waals surface area contributed by atoms with Crippen molar-refractivity contribution in [2.24, 2.45) is 4.99 Å². The highest BCUT2D eigenvalue weighted by atomic mass is 19.1. The van der Waals surface area contributed by atoms with E-state index in [1.807, 2.05) is 6.92 Å². The van der Waals surface area contributed by atoms with Crippen LogP contribution >= 0.6 is 0 Å². The molecule has 0 saturated carbocycles. The van der Waals surface area contributed by atoms with Crippen molar-refractivity contribution in [1.82, 2.24) is 10.6 Å². The Labute approximate surface area is 145 Å². The summed E-state index contributed by atoms with van der Waals surface area (Å²) in [5.41, 5.74) is 0.958. The third-order valence-electron chi connectivity index (χ3n) is 3.25. The molecule has 25 heavy (non-hydrogen) atoms. The first kappa shape index (κ1) is 18.5. The summed E-state index contributed by atoms with van der Waals surface area (Å²) in [4.78, 5) is 4.42. The monoisotopic (exact) mass is 349 g/mol. The summed E-state index contributed by atoms with van der Waals surface area (Å²) in [6.45, 7) is 3.68. The Morgan fingerprint density at radius 2 is 1.88 bits per heavy atom. The minimum absolute atomic E-state index is 0.00855. The Morgan fingerprint density at radius 1 is 1.12 bits per heavy atom. The molecule has 0 bridgehead atoms. The van der Waals surface area contributed by atoms with Crippen LogP contribution in [-0.2, 0) is 6.54 Å². The summed E-state index contributed by atoms with van der Waals surface area (Å²) in [6.07, 6.45) is 0. The molecule has 3 N–H and O–H groups in total. The van der Waals surface area contributed by atoms with Gasteiger partial charge in [-0.25, -0.2) is 13.8 Å². The Morgan fingerprint density at radius 3 is 2.56 bits per heavy atom. The average Bonchev–Trinajstić information content (AvgIpc) is 2.59. The van der Waals surface area contributed by atoms with Gasteiger partial charge in [0.05, 0.1) is 13.1 Å². The first-order chi connectivity index (χ1) is 12.1. The molecule has 2 aromatic carbocycles. The SMILES string of the molecule is CCNC(=NCc1ccc(O)cc1)NCCOc1ccc(F)cc1F. The largest absolute Gasteiger partial charge is 0.508 e. The van der Waals surface area contributed by atoms with Gasteiger partial charge in [0.1, 0.15) is 18.2 Å². The maximum Gasteiger partial charge on any atom is 0.191 e. The van der Waals surface area contributed by atoms with Gasteiger partial charge in [0.2, 0.25) is 0 Å². The number of guanidine groups is 1. The van der Waals surface area contributed by atoms with Gasteiger partial charge in [0.25, 0.3) is 0 Å². The fourth-order valence-electron chi connectivity index (χ4n) is 2.04. The van der Waals surface area contributed by atoms with E-state index in [9.17, 15) is 13.9 Å². The van der Waals surface area contributed by atoms with Crippen LogP contribution in [0.5, 0.6) is 11.5 Å². The van der Waals surface area contributed by atoms with Crippen LogP contribution < -0.4 is 15.4 Å². The Balaban J connectivity index is 1.82. The van der Waals surface area contributed by atoms with E-state index >= 15 is 0 Å². The summed E-state index contributed by atoms with van der Waals surface area (Å²) in [5.74, 6) is -0.553. The van der Waals surface area contributed by atoms with Crippen LogP contribution in [-0.4, -0.2) is 30.8 Å². The van der Waals surface area contributed by atoms with Crippen LogP contribution in [0.2, 0.25) is 0 Å². The molecule has 2 rings (SSSR count). The highest BCUT2D eigenvalue weighted by molar-refractivity contribution is 5.79. The summed E-state index contributed by atoms with van der Waals surface area (Å²) in [7, 11) is 0. The van der Waals surface area contributed by atoms with Crippen LogP contribution in [0.1, 0.15) is 12.5 Å². The number of halogens is 2. The zero-order valence-corrected chi connectivity index (χ0v) is 13.9. The second-order valence-corrected chi connectivity index (χ2v) is 5.21. The fraction of sp³-hybridized carbons (Fsp3) is 0.278. The van der Waals surface area contributed by atoms with Crippen LogP contribution in [0.25, 0.3) is 0 Å². The molecule has 0 spiro atoms. The Bertz CT molecular complexity index is 706. The maximum atomic E-state index is 13.5. The highest BCUT2D eigenvalue weighted by Gasteiger charge is 2.04. The third kappa shape index (κ3) is 6.29. The lowest BCUT2D eigenvalue weighted by Crippen LogP contribution is -2.39. The summed E-state index contributed by atoms with van der Waals surface area (Å²) >= 11 is 0. The second-order valence-electron chi connectivity index (χ2n) is 5.21. The average molecular weight is 349 g/mol. The smallest absolute Gasteiger partial charge is 0.191 e. The number of phenols is 1. The van der Waals surface area contributed by atoms with Gasteiger partial charge in [-0.1, -0.05) is 12.1 Å². The number of aliphatic imine (C=N–C) groups is 1. The van der Waals surface area contributed by atoms with Crippen molar-refractivity contribution < 1.29 is 18.6 Å². The Hall–Kier alpha value is -2.83. The van der Waals surface area contributed by atoms with E-state index in [1.165, 1.54) is 6.07 Å². The summed E-state index contributed by atoms with van der Waals surface area (Å²) in [5, 5.41) is 15.4. The molecule has 0 saturated heterocycles. The van der Waals surface area contributed by atoms with E-state index in [0.717, 1.165) is 17.7 Å². The number of rotatable bonds is 7. The minimum Gasteiger partial charge on any atom is -0.508 e. The predicted molar refractivity (Wildman–Crippen MR) is 92.8 cm³/mol. The lowest BCUT2D eigenvalue weighted by Gasteiger charge is -2.12. The predicted octanol–water partition coefficient (Wildman–Crippen LogP) is 2.80. The maximum absolute atomic E-state index is 13.5. The molecule has 0 aliphatic carbocycles. The third-order valence-corrected chi connectivity index (χ3v) is 3.25. The lowest BCUT2D eigenvalue weighted by molar-refractivity contribution is 0.304. The normalized spacial score (nSPS) is 11.2. The van der Waals surface area contributed by atoms with E-state index in [-0.39, 0.29) is 18.1 Å². The van der Waals surface area contributed by atoms with Crippen LogP contribution in [0.3, 0.4) is 0 Å². The number of benzene rings is 2. The molecular weight excluding hydrogens is 328 g/mol. The van der Waals surface area contributed by atoms with E-state index in [2.05, 4.69) is 15.6 Å². The first-order valence-electron chi connectivity index (χ1n) is 7.96. The van der Waals surface area contributed by atoms with Gasteiger partial charge >= 0.3 is 0 Å². The Kier molecular flexibility index (Phi) is 7.00. The van der Waals surface area contributed by atoms with Gasteiger partial charge in [-0.05, 0) is 36.8 Å². The first-order valence-corrected chi connectivity index (χ1v) is 7.96. The van der Waals surface area contributed by atoms with Crippen molar-refractivity contribution in [3.63, 3.8) is 0 Å². The number of phenolic OH excluding ortho intramolecular Hbond substituents is 1. The quantitative estimate of drug-likeness (QED) is 0.409. The lowest BCUT2D eigenvalue weighted by atomic mass is 10.2. The van der Waals surface area contributed by atoms with Crippen molar-refractivity contribution in [2.75, 3.05) is 19.7 Å². The number of hydrogen-bond donors (Lipinski definition) is 3. The van der Waals surface area contributed by atoms with E-state index in [4.69, 9.17) is 4.74 Å². The van der Waals surface area contributed by atoms with E-state index in [0.29, 0.717) is 25.6 Å². The number of ether oxygens (including phenoxy) is 1. The molecule has 0 aliphatic heterocycles. The fourth-order valence-corrected chi connectivity index (χ4v) is 2.04. The number of hydrogen-bond acceptors (Lipinski definition) is 3. The molecule has 0 aliphatic rings. The molecule has 0 radical (unpaired) electrons. The molecule has 0 aromatic heterocycles. The van der Waals surface area contributed by atoms with Crippen LogP contribution in [0.4, 0.5) is 8.78 Å². The summed E-state index contributed by atoms with van der Waals surface area (Å²) in [6, 6.07) is 9.99. The standard InChI is InChI=1S/C18H21F2N3O2/c1-2-21-18(23-12-13-3-6-15(24)7-4-13)22-9-10-25-17-8-5-14(19)11-16(17)20/h3-8,11,24H,2,9-10,12H2,1H3,(H2,21,22,23). The van der Waals surface area contributed by atoms with Crippen molar-refractivity contribution in [2.45, 2.75) is 13.5 Å². The number of aromatic hydroxyl groups is 1. The van der Waals surface area contributed by atoms with Gasteiger partial charge in [-0.3, -0.25) is 0 Å². The van der Waals surface area contributed by atoms with E-state index in [1.54, 1.807) is 24.3 Å². The van der Waals surface area contributed by atoms with Gasteiger partial charge < -0.3 is 20.5 Å². The van der Waals surface area contributed by atoms with Gasteiger partial charge in [0.15, 0.2) is 17.5 Å². The van der Waals surface area contributed by atoms with Crippen molar-refractivity contribution in [3.8, 4) is 11.5 Å². The molecule has 7 heteroatoms. The molecule has 5 nitrogen and oxygen atoms in total. The minimum atomic E-state index is -0.729. The van der Waals surface area contributed by atoms with Gasteiger partial charge in [-0.2, -0.15) is 0 Å². The van der Waals surface area contributed by atoms with Crippen molar-refractivity contribution >= 4 is 5.96 Å². The molecule has 2 aromatic rings. The van der Waals surface area contributed by atoms with Crippen molar-refractivity contribution in [3.05, 3.63) is 59.7 Å². The van der Waals surface area contributed by atoms with Gasteiger partial charge in [0, 0.05) is 12.6 Å². The van der Waals surface area contributed by atoms with Gasteiger partial charge in [-0.15, -0.1) is 0 Å². The zero-order chi connectivity index (χ0) is 18.1. The highest BCUT2D eigenvalue weighted by Crippen LogP contribution is 2.17. The molecule has 134 valence electrons. The molecular formula is C18H21F2N3O2. The molecule has 0 heterocycles. The van der Waals surface area contributed by atoms with E-state index < -0.39 is 11.6 Å². The van der Waals surface area contributed by atoms with Crippen molar-refractivity contribution in [1.29, 1.82) is 0 Å². The van der Waals surface area contributed by atoms with Crippen LogP contribution in [0, 0.1) is 11.6 Å². The molecule has 0 amide bonds.